The summed E-state index contributed by atoms with van der Waals surface area (Å²) in [6, 6.07) is 7.87. The summed E-state index contributed by atoms with van der Waals surface area (Å²) in [7, 11) is 0. The SMILES string of the molecule is Cc1ccccc1-n1[c]nnn1. The van der Waals surface area contributed by atoms with Gasteiger partial charge in [-0.3, -0.25) is 0 Å². The van der Waals surface area contributed by atoms with Crippen molar-refractivity contribution < 1.29 is 0 Å². The van der Waals surface area contributed by atoms with Crippen LogP contribution in [-0.4, -0.2) is 20.2 Å². The Morgan fingerprint density at radius 1 is 1.33 bits per heavy atom. The Hall–Kier alpha value is -1.71. The highest BCUT2D eigenvalue weighted by atomic mass is 15.5. The molecule has 0 saturated heterocycles. The molecule has 1 radical (unpaired) electrons. The number of hydrogen-bond donors (Lipinski definition) is 0. The molecule has 0 fully saturated rings. The fourth-order valence-corrected chi connectivity index (χ4v) is 1.05. The molecule has 59 valence electrons. The molecule has 1 aromatic carbocycles. The first kappa shape index (κ1) is 6.97. The van der Waals surface area contributed by atoms with Crippen molar-refractivity contribution in [2.75, 3.05) is 0 Å². The third-order valence-electron chi connectivity index (χ3n) is 1.66. The summed E-state index contributed by atoms with van der Waals surface area (Å²) in [4.78, 5) is 0. The second-order valence-electron chi connectivity index (χ2n) is 2.48. The first-order valence-electron chi connectivity index (χ1n) is 3.60. The van der Waals surface area contributed by atoms with E-state index in [1.807, 2.05) is 31.2 Å². The van der Waals surface area contributed by atoms with E-state index in [0.29, 0.717) is 0 Å². The van der Waals surface area contributed by atoms with E-state index in [1.54, 1.807) is 0 Å². The van der Waals surface area contributed by atoms with Gasteiger partial charge in [0.05, 0.1) is 5.69 Å². The Labute approximate surface area is 69.8 Å². The fraction of sp³-hybridized carbons (Fsp3) is 0.125. The predicted octanol–water partition coefficient (Wildman–Crippen LogP) is 0.771. The van der Waals surface area contributed by atoms with E-state index in [2.05, 4.69) is 21.9 Å². The van der Waals surface area contributed by atoms with Gasteiger partial charge in [-0.1, -0.05) is 18.2 Å². The Balaban J connectivity index is 2.55. The van der Waals surface area contributed by atoms with E-state index in [9.17, 15) is 0 Å². The Bertz CT molecular complexity index is 366. The van der Waals surface area contributed by atoms with E-state index >= 15 is 0 Å². The van der Waals surface area contributed by atoms with Crippen LogP contribution in [0.1, 0.15) is 5.56 Å². The predicted molar refractivity (Wildman–Crippen MR) is 42.7 cm³/mol. The van der Waals surface area contributed by atoms with Gasteiger partial charge in [0.25, 0.3) is 0 Å². The third kappa shape index (κ3) is 1.07. The molecule has 4 heteroatoms. The number of rotatable bonds is 1. The Kier molecular flexibility index (Phi) is 1.59. The van der Waals surface area contributed by atoms with E-state index in [-0.39, 0.29) is 0 Å². The monoisotopic (exact) mass is 159 g/mol. The maximum Gasteiger partial charge on any atom is 0.226 e. The lowest BCUT2D eigenvalue weighted by atomic mass is 10.2. The number of tetrazole rings is 1. The zero-order chi connectivity index (χ0) is 8.39. The summed E-state index contributed by atoms with van der Waals surface area (Å²) < 4.78 is 1.52. The summed E-state index contributed by atoms with van der Waals surface area (Å²) in [5.41, 5.74) is 2.09. The molecule has 0 N–H and O–H groups in total. The van der Waals surface area contributed by atoms with Crippen molar-refractivity contribution in [3.8, 4) is 5.69 Å². The normalized spacial score (nSPS) is 10.1. The van der Waals surface area contributed by atoms with Crippen molar-refractivity contribution in [2.45, 2.75) is 6.92 Å². The standard InChI is InChI=1S/C8H7N4/c1-7-4-2-3-5-8(7)12-6-9-10-11-12/h2-5H,1H3. The van der Waals surface area contributed by atoms with Crippen molar-refractivity contribution in [3.05, 3.63) is 36.2 Å². The number of para-hydroxylation sites is 1. The molecule has 1 aromatic heterocycles. The molecule has 0 bridgehead atoms. The van der Waals surface area contributed by atoms with Crippen LogP contribution < -0.4 is 0 Å². The van der Waals surface area contributed by atoms with Crippen molar-refractivity contribution in [1.82, 2.24) is 20.2 Å². The molecular weight excluding hydrogens is 152 g/mol. The Morgan fingerprint density at radius 2 is 2.17 bits per heavy atom. The van der Waals surface area contributed by atoms with Crippen LogP contribution in [0.25, 0.3) is 5.69 Å². The highest BCUT2D eigenvalue weighted by molar-refractivity contribution is 5.38. The Morgan fingerprint density at radius 3 is 2.83 bits per heavy atom. The van der Waals surface area contributed by atoms with E-state index in [4.69, 9.17) is 0 Å². The number of aromatic nitrogens is 4. The molecule has 0 aliphatic rings. The minimum atomic E-state index is 0.961. The summed E-state index contributed by atoms with van der Waals surface area (Å²) in [6.07, 6.45) is 2.64. The first-order chi connectivity index (χ1) is 5.88. The molecule has 1 heterocycles. The maximum atomic E-state index is 3.75. The first-order valence-corrected chi connectivity index (χ1v) is 3.60. The lowest BCUT2D eigenvalue weighted by Gasteiger charge is -2.00. The van der Waals surface area contributed by atoms with E-state index in [1.165, 1.54) is 4.68 Å². The highest BCUT2D eigenvalue weighted by Crippen LogP contribution is 2.09. The van der Waals surface area contributed by atoms with Crippen molar-refractivity contribution in [3.63, 3.8) is 0 Å². The van der Waals surface area contributed by atoms with Gasteiger partial charge in [-0.25, -0.2) is 0 Å². The van der Waals surface area contributed by atoms with Gasteiger partial charge in [0.2, 0.25) is 6.33 Å². The highest BCUT2D eigenvalue weighted by Gasteiger charge is 1.99. The largest absolute Gasteiger partial charge is 0.226 e. The minimum absolute atomic E-state index is 0.961. The van der Waals surface area contributed by atoms with Crippen LogP contribution >= 0.6 is 0 Å². The lowest BCUT2D eigenvalue weighted by molar-refractivity contribution is 0.783. The van der Waals surface area contributed by atoms with Crippen LogP contribution in [-0.2, 0) is 0 Å². The summed E-state index contributed by atoms with van der Waals surface area (Å²) in [5.74, 6) is 0. The van der Waals surface area contributed by atoms with Gasteiger partial charge in [-0.2, -0.15) is 4.68 Å². The second kappa shape index (κ2) is 2.73. The number of hydrogen-bond acceptors (Lipinski definition) is 3. The summed E-state index contributed by atoms with van der Waals surface area (Å²) in [6.45, 7) is 2.00. The fourth-order valence-electron chi connectivity index (χ4n) is 1.05. The number of aryl methyl sites for hydroxylation is 1. The van der Waals surface area contributed by atoms with E-state index in [0.717, 1.165) is 11.3 Å². The molecule has 0 aliphatic carbocycles. The maximum absolute atomic E-state index is 3.75. The van der Waals surface area contributed by atoms with Gasteiger partial charge in [-0.05, 0) is 29.0 Å². The molecule has 2 aromatic rings. The molecule has 0 saturated carbocycles. The van der Waals surface area contributed by atoms with Crippen LogP contribution in [0.2, 0.25) is 0 Å². The third-order valence-corrected chi connectivity index (χ3v) is 1.66. The molecule has 2 rings (SSSR count). The molecule has 0 unspecified atom stereocenters. The van der Waals surface area contributed by atoms with Crippen molar-refractivity contribution >= 4 is 0 Å². The molecule has 0 amide bonds. The average Bonchev–Trinajstić information content (AvgIpc) is 2.57. The number of nitrogens with zero attached hydrogens (tertiary/aromatic N) is 4. The molecule has 0 aliphatic heterocycles. The van der Waals surface area contributed by atoms with Gasteiger partial charge in [0.1, 0.15) is 0 Å². The minimum Gasteiger partial charge on any atom is -0.189 e. The molecule has 4 nitrogen and oxygen atoms in total. The molecule has 0 atom stereocenters. The smallest absolute Gasteiger partial charge is 0.189 e. The van der Waals surface area contributed by atoms with Crippen LogP contribution in [0.4, 0.5) is 0 Å². The zero-order valence-corrected chi connectivity index (χ0v) is 6.60. The number of benzene rings is 1. The van der Waals surface area contributed by atoms with Crippen molar-refractivity contribution in [1.29, 1.82) is 0 Å². The summed E-state index contributed by atoms with van der Waals surface area (Å²) in [5, 5.41) is 10.7. The van der Waals surface area contributed by atoms with Crippen LogP contribution in [0.15, 0.2) is 24.3 Å². The summed E-state index contributed by atoms with van der Waals surface area (Å²) >= 11 is 0. The van der Waals surface area contributed by atoms with Gasteiger partial charge < -0.3 is 0 Å². The molecule has 12 heavy (non-hydrogen) atoms. The quantitative estimate of drug-likeness (QED) is 0.617. The lowest BCUT2D eigenvalue weighted by Crippen LogP contribution is -1.97. The van der Waals surface area contributed by atoms with E-state index < -0.39 is 0 Å². The van der Waals surface area contributed by atoms with Crippen LogP contribution in [0.3, 0.4) is 0 Å². The average molecular weight is 159 g/mol. The van der Waals surface area contributed by atoms with Gasteiger partial charge in [0, 0.05) is 0 Å². The molecular formula is C8H7N4. The zero-order valence-electron chi connectivity index (χ0n) is 6.60. The van der Waals surface area contributed by atoms with Gasteiger partial charge in [0.15, 0.2) is 0 Å². The van der Waals surface area contributed by atoms with Gasteiger partial charge >= 0.3 is 0 Å². The van der Waals surface area contributed by atoms with Crippen molar-refractivity contribution in [2.24, 2.45) is 0 Å². The van der Waals surface area contributed by atoms with Crippen LogP contribution in [0, 0.1) is 13.3 Å². The topological polar surface area (TPSA) is 43.6 Å². The molecule has 0 spiro atoms. The second-order valence-corrected chi connectivity index (χ2v) is 2.48. The van der Waals surface area contributed by atoms with Crippen LogP contribution in [0.5, 0.6) is 0 Å². The van der Waals surface area contributed by atoms with Gasteiger partial charge in [-0.15, -0.1) is 5.10 Å².